The molecule has 154 valence electrons. The van der Waals surface area contributed by atoms with Crippen LogP contribution in [0.2, 0.25) is 5.02 Å². The van der Waals surface area contributed by atoms with Crippen LogP contribution in [0.3, 0.4) is 0 Å². The maximum absolute atomic E-state index is 12.6. The van der Waals surface area contributed by atoms with Gasteiger partial charge in [-0.1, -0.05) is 29.8 Å². The number of ether oxygens (including phenoxy) is 1. The first-order chi connectivity index (χ1) is 14.6. The van der Waals surface area contributed by atoms with E-state index in [1.165, 1.54) is 11.3 Å². The second-order valence-electron chi connectivity index (χ2n) is 6.96. The first-order valence-corrected chi connectivity index (χ1v) is 10.8. The highest BCUT2D eigenvalue weighted by Gasteiger charge is 2.23. The van der Waals surface area contributed by atoms with Gasteiger partial charge in [0, 0.05) is 40.4 Å². The Balaban J connectivity index is 1.38. The molecule has 3 aromatic rings. The number of hydrogen-bond acceptors (Lipinski definition) is 5. The number of amides is 2. The molecule has 8 heteroatoms. The summed E-state index contributed by atoms with van der Waals surface area (Å²) in [6, 6.07) is 14.5. The van der Waals surface area contributed by atoms with Crippen LogP contribution < -0.4 is 10.6 Å². The van der Waals surface area contributed by atoms with E-state index in [1.54, 1.807) is 30.5 Å². The summed E-state index contributed by atoms with van der Waals surface area (Å²) in [6.45, 7) is 0.605. The first kappa shape index (κ1) is 20.5. The third-order valence-corrected chi connectivity index (χ3v) is 5.80. The molecule has 0 radical (unpaired) electrons. The Kier molecular flexibility index (Phi) is 6.42. The molecule has 6 nitrogen and oxygen atoms in total. The average Bonchev–Trinajstić information content (AvgIpc) is 3.41. The largest absolute Gasteiger partial charge is 0.368 e. The van der Waals surface area contributed by atoms with E-state index < -0.39 is 6.10 Å². The number of carbonyl (C=O) groups excluding carboxylic acids is 2. The molecule has 1 aliphatic rings. The van der Waals surface area contributed by atoms with Crippen LogP contribution in [0.1, 0.15) is 33.6 Å². The van der Waals surface area contributed by atoms with Crippen molar-refractivity contribution in [3.63, 3.8) is 0 Å². The van der Waals surface area contributed by atoms with Crippen LogP contribution in [0.25, 0.3) is 0 Å². The number of hydrogen-bond donors (Lipinski definition) is 2. The average molecular weight is 442 g/mol. The number of carbonyl (C=O) groups is 2. The molecule has 1 unspecified atom stereocenters. The minimum absolute atomic E-state index is 0.185. The quantitative estimate of drug-likeness (QED) is 0.578. The van der Waals surface area contributed by atoms with Crippen LogP contribution in [0, 0.1) is 0 Å². The van der Waals surface area contributed by atoms with E-state index in [0.717, 1.165) is 16.9 Å². The molecule has 2 amide bonds. The summed E-state index contributed by atoms with van der Waals surface area (Å²) in [4.78, 5) is 30.1. The Morgan fingerprint density at radius 3 is 2.83 bits per heavy atom. The molecule has 0 saturated carbocycles. The van der Waals surface area contributed by atoms with E-state index in [1.807, 2.05) is 24.3 Å². The van der Waals surface area contributed by atoms with Gasteiger partial charge >= 0.3 is 0 Å². The van der Waals surface area contributed by atoms with Crippen molar-refractivity contribution < 1.29 is 14.3 Å². The van der Waals surface area contributed by atoms with Crippen LogP contribution in [-0.2, 0) is 16.0 Å². The zero-order chi connectivity index (χ0) is 20.9. The Hall–Kier alpha value is -2.74. The van der Waals surface area contributed by atoms with E-state index in [9.17, 15) is 9.59 Å². The van der Waals surface area contributed by atoms with Gasteiger partial charge in [-0.05, 0) is 48.7 Å². The second kappa shape index (κ2) is 9.38. The molecule has 2 heterocycles. The van der Waals surface area contributed by atoms with Gasteiger partial charge in [-0.15, -0.1) is 11.3 Å². The van der Waals surface area contributed by atoms with Crippen molar-refractivity contribution in [2.24, 2.45) is 0 Å². The number of aromatic nitrogens is 1. The number of nitrogens with one attached hydrogen (secondary N) is 2. The zero-order valence-corrected chi connectivity index (χ0v) is 17.6. The van der Waals surface area contributed by atoms with E-state index >= 15 is 0 Å². The third-order valence-electron chi connectivity index (χ3n) is 4.66. The molecule has 1 saturated heterocycles. The molecule has 1 aromatic heterocycles. The van der Waals surface area contributed by atoms with Gasteiger partial charge in [-0.25, -0.2) is 4.98 Å². The van der Waals surface area contributed by atoms with Gasteiger partial charge < -0.3 is 10.1 Å². The molecule has 2 aromatic carbocycles. The number of thiazole rings is 1. The van der Waals surface area contributed by atoms with Gasteiger partial charge in [0.1, 0.15) is 6.10 Å². The predicted octanol–water partition coefficient (Wildman–Crippen LogP) is 4.76. The van der Waals surface area contributed by atoms with Gasteiger partial charge in [0.05, 0.1) is 0 Å². The number of halogens is 1. The molecule has 1 atom stereocenters. The minimum atomic E-state index is -0.421. The summed E-state index contributed by atoms with van der Waals surface area (Å²) in [5.41, 5.74) is 2.08. The van der Waals surface area contributed by atoms with E-state index in [4.69, 9.17) is 16.3 Å². The van der Waals surface area contributed by atoms with Gasteiger partial charge in [-0.3, -0.25) is 14.9 Å². The zero-order valence-electron chi connectivity index (χ0n) is 16.1. The molecular weight excluding hydrogens is 422 g/mol. The highest BCUT2D eigenvalue weighted by Crippen LogP contribution is 2.23. The Bertz CT molecular complexity index is 1060. The van der Waals surface area contributed by atoms with Crippen molar-refractivity contribution in [3.05, 3.63) is 75.8 Å². The molecule has 4 rings (SSSR count). The number of anilines is 2. The molecule has 1 fully saturated rings. The molecule has 0 spiro atoms. The molecular formula is C22H20ClN3O3S. The highest BCUT2D eigenvalue weighted by molar-refractivity contribution is 7.15. The number of nitrogens with zero attached hydrogens (tertiary/aromatic N) is 1. The first-order valence-electron chi connectivity index (χ1n) is 9.60. The van der Waals surface area contributed by atoms with Crippen LogP contribution in [0.15, 0.2) is 54.7 Å². The molecule has 30 heavy (non-hydrogen) atoms. The van der Waals surface area contributed by atoms with Crippen molar-refractivity contribution in [2.75, 3.05) is 17.2 Å². The SMILES string of the molecule is O=C(Nc1ncc(Cc2cccc(Cl)c2)s1)c1cccc(NC(=O)C2CCCO2)c1. The molecule has 0 bridgehead atoms. The van der Waals surface area contributed by atoms with Gasteiger partial charge in [0.2, 0.25) is 0 Å². The summed E-state index contributed by atoms with van der Waals surface area (Å²) < 4.78 is 5.39. The topological polar surface area (TPSA) is 80.3 Å². The van der Waals surface area contributed by atoms with Crippen LogP contribution in [0.4, 0.5) is 10.8 Å². The summed E-state index contributed by atoms with van der Waals surface area (Å²) in [5.74, 6) is -0.470. The molecule has 2 N–H and O–H groups in total. The van der Waals surface area contributed by atoms with Crippen molar-refractivity contribution in [1.82, 2.24) is 4.98 Å². The summed E-state index contributed by atoms with van der Waals surface area (Å²) in [5, 5.41) is 6.84. The maximum atomic E-state index is 12.6. The van der Waals surface area contributed by atoms with Crippen molar-refractivity contribution in [1.29, 1.82) is 0 Å². The molecule has 0 aliphatic carbocycles. The monoisotopic (exact) mass is 441 g/mol. The highest BCUT2D eigenvalue weighted by atomic mass is 35.5. The second-order valence-corrected chi connectivity index (χ2v) is 8.52. The minimum Gasteiger partial charge on any atom is -0.368 e. The van der Waals surface area contributed by atoms with Gasteiger partial charge in [-0.2, -0.15) is 0 Å². The fourth-order valence-corrected chi connectivity index (χ4v) is 4.26. The normalized spacial score (nSPS) is 15.7. The standard InChI is InChI=1S/C22H20ClN3O3S/c23-16-6-1-4-14(10-16)11-18-13-24-22(30-18)26-20(27)15-5-2-7-17(12-15)25-21(28)19-8-3-9-29-19/h1-2,4-7,10,12-13,19H,3,8-9,11H2,(H,25,28)(H,24,26,27). The van der Waals surface area contributed by atoms with Gasteiger partial charge in [0.15, 0.2) is 5.13 Å². The fourth-order valence-electron chi connectivity index (χ4n) is 3.21. The van der Waals surface area contributed by atoms with Crippen LogP contribution >= 0.6 is 22.9 Å². The Morgan fingerprint density at radius 2 is 2.03 bits per heavy atom. The van der Waals surface area contributed by atoms with Crippen molar-refractivity contribution in [2.45, 2.75) is 25.4 Å². The lowest BCUT2D eigenvalue weighted by Gasteiger charge is -2.11. The smallest absolute Gasteiger partial charge is 0.257 e. The summed E-state index contributed by atoms with van der Waals surface area (Å²) in [6.07, 6.45) is 3.62. The third kappa shape index (κ3) is 5.24. The lowest BCUT2D eigenvalue weighted by atomic mass is 10.1. The van der Waals surface area contributed by atoms with Gasteiger partial charge in [0.25, 0.3) is 11.8 Å². The molecule has 1 aliphatic heterocycles. The Labute approximate surface area is 183 Å². The number of rotatable bonds is 6. The van der Waals surface area contributed by atoms with E-state index in [2.05, 4.69) is 15.6 Å². The maximum Gasteiger partial charge on any atom is 0.257 e. The summed E-state index contributed by atoms with van der Waals surface area (Å²) in [7, 11) is 0. The van der Waals surface area contributed by atoms with E-state index in [-0.39, 0.29) is 11.8 Å². The van der Waals surface area contributed by atoms with Crippen LogP contribution in [0.5, 0.6) is 0 Å². The Morgan fingerprint density at radius 1 is 1.17 bits per heavy atom. The van der Waals surface area contributed by atoms with Crippen LogP contribution in [-0.4, -0.2) is 29.5 Å². The lowest BCUT2D eigenvalue weighted by molar-refractivity contribution is -0.124. The summed E-state index contributed by atoms with van der Waals surface area (Å²) >= 11 is 7.45. The number of benzene rings is 2. The lowest BCUT2D eigenvalue weighted by Crippen LogP contribution is -2.27. The predicted molar refractivity (Wildman–Crippen MR) is 118 cm³/mol. The van der Waals surface area contributed by atoms with Crippen molar-refractivity contribution in [3.8, 4) is 0 Å². The fraction of sp³-hybridized carbons (Fsp3) is 0.227. The van der Waals surface area contributed by atoms with Crippen molar-refractivity contribution >= 4 is 45.6 Å². The van der Waals surface area contributed by atoms with E-state index in [0.29, 0.717) is 40.9 Å².